The Morgan fingerprint density at radius 1 is 1.33 bits per heavy atom. The summed E-state index contributed by atoms with van der Waals surface area (Å²) in [6.45, 7) is 0.604. The summed E-state index contributed by atoms with van der Waals surface area (Å²) in [5, 5.41) is 12.0. The number of aromatic amines is 1. The lowest BCUT2D eigenvalue weighted by Gasteiger charge is -2.27. The van der Waals surface area contributed by atoms with E-state index >= 15 is 0 Å². The van der Waals surface area contributed by atoms with E-state index in [1.165, 1.54) is 0 Å². The molecule has 1 amide bonds. The van der Waals surface area contributed by atoms with Gasteiger partial charge in [-0.1, -0.05) is 12.8 Å². The fourth-order valence-corrected chi connectivity index (χ4v) is 4.29. The number of fused-ring (bicyclic) bond motifs is 1. The van der Waals surface area contributed by atoms with E-state index in [-0.39, 0.29) is 30.7 Å². The zero-order chi connectivity index (χ0) is 19.0. The number of nitrogens with zero attached hydrogens (tertiary/aromatic N) is 1. The number of amides is 1. The topological polar surface area (TPSA) is 113 Å². The van der Waals surface area contributed by atoms with Gasteiger partial charge in [0.1, 0.15) is 0 Å². The van der Waals surface area contributed by atoms with Crippen molar-refractivity contribution in [2.24, 2.45) is 0 Å². The van der Waals surface area contributed by atoms with Crippen molar-refractivity contribution < 1.29 is 19.4 Å². The molecule has 0 bridgehead atoms. The zero-order valence-corrected chi connectivity index (χ0v) is 15.0. The van der Waals surface area contributed by atoms with E-state index < -0.39 is 11.5 Å². The predicted octanol–water partition coefficient (Wildman–Crippen LogP) is 1.81. The molecular weight excluding hydrogens is 350 g/mol. The fourth-order valence-electron chi connectivity index (χ4n) is 4.29. The summed E-state index contributed by atoms with van der Waals surface area (Å²) in [6, 6.07) is 5.33. The number of H-pyrrole nitrogens is 1. The van der Waals surface area contributed by atoms with Crippen LogP contribution in [-0.2, 0) is 9.53 Å². The summed E-state index contributed by atoms with van der Waals surface area (Å²) in [5.74, 6) is -1.34. The van der Waals surface area contributed by atoms with Gasteiger partial charge in [0.25, 0.3) is 5.91 Å². The highest BCUT2D eigenvalue weighted by Crippen LogP contribution is 2.31. The standard InChI is InChI=1S/C19H23N3O5/c23-16(24)10-19(7-8-27-11-19)21-17(25)12-5-6-15-14(9-12)20-18(26)22(15)13-3-1-2-4-13/h5-6,9,13H,1-4,7-8,10-11H2,(H,20,26)(H,21,25)(H,23,24). The second-order valence-electron chi connectivity index (χ2n) is 7.58. The van der Waals surface area contributed by atoms with E-state index in [2.05, 4.69) is 10.3 Å². The number of aliphatic carboxylic acids is 1. The maximum Gasteiger partial charge on any atom is 0.326 e. The molecule has 8 nitrogen and oxygen atoms in total. The van der Waals surface area contributed by atoms with Crippen molar-refractivity contribution in [3.63, 3.8) is 0 Å². The van der Waals surface area contributed by atoms with Crippen LogP contribution >= 0.6 is 0 Å². The van der Waals surface area contributed by atoms with Crippen LogP contribution < -0.4 is 11.0 Å². The van der Waals surface area contributed by atoms with Crippen LogP contribution in [0.15, 0.2) is 23.0 Å². The molecule has 0 spiro atoms. The molecule has 1 saturated heterocycles. The lowest BCUT2D eigenvalue weighted by atomic mass is 9.93. The fraction of sp³-hybridized carbons (Fsp3) is 0.526. The van der Waals surface area contributed by atoms with Crippen LogP contribution in [0.1, 0.15) is 54.9 Å². The summed E-state index contributed by atoms with van der Waals surface area (Å²) in [7, 11) is 0. The number of carbonyl (C=O) groups is 2. The van der Waals surface area contributed by atoms with Crippen molar-refractivity contribution in [3.05, 3.63) is 34.2 Å². The number of carbonyl (C=O) groups excluding carboxylic acids is 1. The molecule has 1 aromatic heterocycles. The number of hydrogen-bond acceptors (Lipinski definition) is 4. The smallest absolute Gasteiger partial charge is 0.326 e. The maximum absolute atomic E-state index is 12.7. The Labute approximate surface area is 155 Å². The van der Waals surface area contributed by atoms with E-state index in [4.69, 9.17) is 9.84 Å². The van der Waals surface area contributed by atoms with Crippen molar-refractivity contribution in [2.45, 2.75) is 50.1 Å². The van der Waals surface area contributed by atoms with Crippen LogP contribution in [0.25, 0.3) is 11.0 Å². The van der Waals surface area contributed by atoms with Gasteiger partial charge in [0, 0.05) is 18.2 Å². The molecular formula is C19H23N3O5. The number of carboxylic acid groups (broad SMARTS) is 1. The third-order valence-electron chi connectivity index (χ3n) is 5.64. The Bertz CT molecular complexity index is 932. The molecule has 1 aromatic carbocycles. The number of imidazole rings is 1. The largest absolute Gasteiger partial charge is 0.481 e. The third-order valence-corrected chi connectivity index (χ3v) is 5.64. The summed E-state index contributed by atoms with van der Waals surface area (Å²) in [6.07, 6.45) is 4.51. The summed E-state index contributed by atoms with van der Waals surface area (Å²) >= 11 is 0. The first-order valence-electron chi connectivity index (χ1n) is 9.34. The number of nitrogens with one attached hydrogen (secondary N) is 2. The molecule has 3 N–H and O–H groups in total. The summed E-state index contributed by atoms with van der Waals surface area (Å²) in [4.78, 5) is 39.1. The van der Waals surface area contributed by atoms with E-state index in [0.717, 1.165) is 31.2 Å². The van der Waals surface area contributed by atoms with Gasteiger partial charge in [0.15, 0.2) is 0 Å². The molecule has 2 aliphatic rings. The number of carboxylic acids is 1. The number of rotatable bonds is 5. The van der Waals surface area contributed by atoms with E-state index in [1.807, 2.05) is 0 Å². The van der Waals surface area contributed by atoms with Crippen LogP contribution in [-0.4, -0.2) is 45.3 Å². The zero-order valence-electron chi connectivity index (χ0n) is 15.0. The highest BCUT2D eigenvalue weighted by Gasteiger charge is 2.38. The normalized spacial score (nSPS) is 23.1. The van der Waals surface area contributed by atoms with Gasteiger partial charge in [-0.3, -0.25) is 14.2 Å². The van der Waals surface area contributed by atoms with Crippen molar-refractivity contribution in [1.82, 2.24) is 14.9 Å². The molecule has 1 atom stereocenters. The summed E-state index contributed by atoms with van der Waals surface area (Å²) < 4.78 is 7.11. The molecule has 144 valence electrons. The van der Waals surface area contributed by atoms with E-state index in [1.54, 1.807) is 22.8 Å². The van der Waals surface area contributed by atoms with E-state index in [9.17, 15) is 14.4 Å². The number of hydrogen-bond donors (Lipinski definition) is 3. The SMILES string of the molecule is O=C(O)CC1(NC(=O)c2ccc3c(c2)[nH]c(=O)n3C2CCCC2)CCOC1. The van der Waals surface area contributed by atoms with Gasteiger partial charge in [-0.05, 0) is 37.5 Å². The second kappa shape index (κ2) is 6.84. The van der Waals surface area contributed by atoms with Crippen molar-refractivity contribution in [1.29, 1.82) is 0 Å². The molecule has 1 aliphatic carbocycles. The molecule has 1 saturated carbocycles. The maximum atomic E-state index is 12.7. The van der Waals surface area contributed by atoms with Crippen LogP contribution in [0.4, 0.5) is 0 Å². The third kappa shape index (κ3) is 3.37. The molecule has 2 aromatic rings. The molecule has 1 unspecified atom stereocenters. The van der Waals surface area contributed by atoms with Crippen LogP contribution in [0, 0.1) is 0 Å². The average Bonchev–Trinajstić information content (AvgIpc) is 3.33. The summed E-state index contributed by atoms with van der Waals surface area (Å²) in [5.41, 5.74) is 0.767. The molecule has 2 fully saturated rings. The molecule has 8 heteroatoms. The van der Waals surface area contributed by atoms with Gasteiger partial charge in [-0.15, -0.1) is 0 Å². The Hall–Kier alpha value is -2.61. The van der Waals surface area contributed by atoms with Crippen LogP contribution in [0.3, 0.4) is 0 Å². The first-order chi connectivity index (χ1) is 13.0. The highest BCUT2D eigenvalue weighted by atomic mass is 16.5. The van der Waals surface area contributed by atoms with Crippen molar-refractivity contribution >= 4 is 22.9 Å². The Kier molecular flexibility index (Phi) is 4.51. The number of ether oxygens (including phenoxy) is 1. The second-order valence-corrected chi connectivity index (χ2v) is 7.58. The van der Waals surface area contributed by atoms with Crippen LogP contribution in [0.2, 0.25) is 0 Å². The number of aromatic nitrogens is 2. The van der Waals surface area contributed by atoms with Gasteiger partial charge in [-0.2, -0.15) is 0 Å². The minimum absolute atomic E-state index is 0.152. The minimum atomic E-state index is -0.978. The van der Waals surface area contributed by atoms with Gasteiger partial charge in [0.05, 0.1) is 29.6 Å². The van der Waals surface area contributed by atoms with Crippen LogP contribution in [0.5, 0.6) is 0 Å². The first kappa shape index (κ1) is 17.8. The lowest BCUT2D eigenvalue weighted by Crippen LogP contribution is -2.50. The molecule has 2 heterocycles. The van der Waals surface area contributed by atoms with Crippen molar-refractivity contribution in [3.8, 4) is 0 Å². The lowest BCUT2D eigenvalue weighted by molar-refractivity contribution is -0.138. The Morgan fingerprint density at radius 3 is 2.78 bits per heavy atom. The monoisotopic (exact) mass is 373 g/mol. The van der Waals surface area contributed by atoms with Gasteiger partial charge >= 0.3 is 11.7 Å². The quantitative estimate of drug-likeness (QED) is 0.740. The predicted molar refractivity (Wildman–Crippen MR) is 97.9 cm³/mol. The Balaban J connectivity index is 1.61. The van der Waals surface area contributed by atoms with Gasteiger partial charge in [-0.25, -0.2) is 4.79 Å². The Morgan fingerprint density at radius 2 is 2.11 bits per heavy atom. The average molecular weight is 373 g/mol. The molecule has 27 heavy (non-hydrogen) atoms. The van der Waals surface area contributed by atoms with Crippen molar-refractivity contribution in [2.75, 3.05) is 13.2 Å². The van der Waals surface area contributed by atoms with Gasteiger partial charge in [0.2, 0.25) is 0 Å². The molecule has 1 aliphatic heterocycles. The van der Waals surface area contributed by atoms with E-state index in [0.29, 0.717) is 24.1 Å². The molecule has 4 rings (SSSR count). The first-order valence-corrected chi connectivity index (χ1v) is 9.34. The molecule has 0 radical (unpaired) electrons. The van der Waals surface area contributed by atoms with Gasteiger partial charge < -0.3 is 20.1 Å². The number of benzene rings is 1. The highest BCUT2D eigenvalue weighted by molar-refractivity contribution is 5.98. The minimum Gasteiger partial charge on any atom is -0.481 e.